The van der Waals surface area contributed by atoms with Crippen LogP contribution in [0.1, 0.15) is 24.8 Å². The van der Waals surface area contributed by atoms with Crippen LogP contribution < -0.4 is 5.32 Å². The Hall–Kier alpha value is -1.40. The predicted octanol–water partition coefficient (Wildman–Crippen LogP) is 1.13. The summed E-state index contributed by atoms with van der Waals surface area (Å²) in [6, 6.07) is 7.05. The van der Waals surface area contributed by atoms with Gasteiger partial charge in [0, 0.05) is 12.3 Å². The molecular weight excluding hydrogens is 278 g/mol. The summed E-state index contributed by atoms with van der Waals surface area (Å²) in [5.74, 6) is -0.347. The number of aliphatic hydroxyl groups is 1. The van der Waals surface area contributed by atoms with Crippen molar-refractivity contribution in [2.75, 3.05) is 17.7 Å². The van der Waals surface area contributed by atoms with Crippen molar-refractivity contribution in [3.8, 4) is 0 Å². The number of carbonyl (C=O) groups is 1. The average molecular weight is 297 g/mol. The molecule has 1 fully saturated rings. The van der Waals surface area contributed by atoms with Crippen molar-refractivity contribution in [2.45, 2.75) is 30.9 Å². The van der Waals surface area contributed by atoms with E-state index in [1.54, 1.807) is 24.3 Å². The lowest BCUT2D eigenvalue weighted by Crippen LogP contribution is -2.39. The number of aliphatic hydroxyl groups excluding tert-OH is 1. The van der Waals surface area contributed by atoms with Gasteiger partial charge >= 0.3 is 0 Å². The molecular formula is C14H19NO4S. The highest BCUT2D eigenvalue weighted by molar-refractivity contribution is 7.92. The van der Waals surface area contributed by atoms with Crippen molar-refractivity contribution in [2.24, 2.45) is 0 Å². The van der Waals surface area contributed by atoms with E-state index in [9.17, 15) is 13.2 Å². The van der Waals surface area contributed by atoms with Crippen LogP contribution >= 0.6 is 0 Å². The lowest BCUT2D eigenvalue weighted by Gasteiger charge is -2.21. The molecule has 20 heavy (non-hydrogen) atoms. The molecule has 1 atom stereocenters. The van der Waals surface area contributed by atoms with Gasteiger partial charge in [-0.2, -0.15) is 0 Å². The Labute approximate surface area is 118 Å². The molecule has 1 aliphatic rings. The van der Waals surface area contributed by atoms with Crippen molar-refractivity contribution in [1.82, 2.24) is 0 Å². The zero-order valence-corrected chi connectivity index (χ0v) is 12.0. The lowest BCUT2D eigenvalue weighted by atomic mass is 10.1. The molecule has 1 aliphatic heterocycles. The molecule has 1 unspecified atom stereocenters. The Morgan fingerprint density at radius 1 is 1.25 bits per heavy atom. The van der Waals surface area contributed by atoms with E-state index in [4.69, 9.17) is 5.11 Å². The van der Waals surface area contributed by atoms with E-state index in [2.05, 4.69) is 5.32 Å². The van der Waals surface area contributed by atoms with Gasteiger partial charge in [0.1, 0.15) is 5.25 Å². The highest BCUT2D eigenvalue weighted by atomic mass is 32.2. The summed E-state index contributed by atoms with van der Waals surface area (Å²) in [4.78, 5) is 12.1. The maximum absolute atomic E-state index is 12.1. The van der Waals surface area contributed by atoms with Crippen LogP contribution in [-0.4, -0.2) is 37.0 Å². The van der Waals surface area contributed by atoms with Crippen molar-refractivity contribution in [1.29, 1.82) is 0 Å². The molecule has 0 saturated carbocycles. The van der Waals surface area contributed by atoms with E-state index in [0.717, 1.165) is 12.0 Å². The summed E-state index contributed by atoms with van der Waals surface area (Å²) >= 11 is 0. The first-order valence-corrected chi connectivity index (χ1v) is 8.47. The van der Waals surface area contributed by atoms with Crippen LogP contribution in [0.25, 0.3) is 0 Å². The van der Waals surface area contributed by atoms with Crippen LogP contribution in [0.2, 0.25) is 0 Å². The fraction of sp³-hybridized carbons (Fsp3) is 0.500. The number of benzene rings is 1. The molecule has 1 saturated heterocycles. The van der Waals surface area contributed by atoms with Crippen LogP contribution in [-0.2, 0) is 21.1 Å². The number of hydrogen-bond acceptors (Lipinski definition) is 4. The molecule has 0 aromatic heterocycles. The quantitative estimate of drug-likeness (QED) is 0.872. The molecule has 5 nitrogen and oxygen atoms in total. The number of carbonyl (C=O) groups excluding carboxylic acids is 1. The Morgan fingerprint density at radius 3 is 2.55 bits per heavy atom. The minimum atomic E-state index is -3.30. The first kappa shape index (κ1) is 15.0. The first-order valence-electron chi connectivity index (χ1n) is 6.75. The molecule has 1 aromatic carbocycles. The Kier molecular flexibility index (Phi) is 4.77. The van der Waals surface area contributed by atoms with E-state index >= 15 is 0 Å². The fourth-order valence-electron chi connectivity index (χ4n) is 2.36. The van der Waals surface area contributed by atoms with Gasteiger partial charge in [0.25, 0.3) is 0 Å². The van der Waals surface area contributed by atoms with E-state index in [1.165, 1.54) is 0 Å². The number of anilines is 1. The summed E-state index contributed by atoms with van der Waals surface area (Å²) in [5, 5.41) is 10.6. The Bertz CT molecular complexity index is 565. The van der Waals surface area contributed by atoms with Crippen molar-refractivity contribution < 1.29 is 18.3 Å². The number of nitrogens with one attached hydrogen (secondary N) is 1. The van der Waals surface area contributed by atoms with Crippen molar-refractivity contribution in [3.05, 3.63) is 29.8 Å². The number of sulfone groups is 1. The third-order valence-corrected chi connectivity index (χ3v) is 5.67. The second-order valence-corrected chi connectivity index (χ2v) is 7.31. The summed E-state index contributed by atoms with van der Waals surface area (Å²) in [7, 11) is -3.30. The number of hydrogen-bond donors (Lipinski definition) is 2. The van der Waals surface area contributed by atoms with Gasteiger partial charge in [-0.25, -0.2) is 8.42 Å². The van der Waals surface area contributed by atoms with Gasteiger partial charge in [-0.3, -0.25) is 4.79 Å². The van der Waals surface area contributed by atoms with Crippen molar-refractivity contribution in [3.63, 3.8) is 0 Å². The van der Waals surface area contributed by atoms with Crippen molar-refractivity contribution >= 4 is 21.4 Å². The molecule has 1 aromatic rings. The maximum Gasteiger partial charge on any atom is 0.242 e. The second kappa shape index (κ2) is 6.37. The molecule has 1 heterocycles. The minimum Gasteiger partial charge on any atom is -0.396 e. The molecule has 2 rings (SSSR count). The van der Waals surface area contributed by atoms with Crippen LogP contribution in [0, 0.1) is 0 Å². The zero-order chi connectivity index (χ0) is 14.6. The minimum absolute atomic E-state index is 0.0754. The third kappa shape index (κ3) is 3.58. The standard InChI is InChI=1S/C14H19NO4S/c16-9-8-11-4-6-12(7-5-11)15-14(17)13-3-1-2-10-20(13,18)19/h4-7,13,16H,1-3,8-10H2,(H,15,17). The van der Waals surface area contributed by atoms with Gasteiger partial charge in [0.15, 0.2) is 9.84 Å². The topological polar surface area (TPSA) is 83.5 Å². The first-order chi connectivity index (χ1) is 9.53. The van der Waals surface area contributed by atoms with Crippen LogP contribution in [0.5, 0.6) is 0 Å². The molecule has 0 aliphatic carbocycles. The fourth-order valence-corrected chi connectivity index (χ4v) is 4.16. The largest absolute Gasteiger partial charge is 0.396 e. The summed E-state index contributed by atoms with van der Waals surface area (Å²) in [6.07, 6.45) is 2.37. The monoisotopic (exact) mass is 297 g/mol. The Morgan fingerprint density at radius 2 is 1.95 bits per heavy atom. The molecule has 2 N–H and O–H groups in total. The number of amides is 1. The summed E-state index contributed by atoms with van der Waals surface area (Å²) < 4.78 is 23.7. The molecule has 1 amide bonds. The van der Waals surface area contributed by atoms with E-state index < -0.39 is 21.0 Å². The third-order valence-electron chi connectivity index (χ3n) is 3.49. The lowest BCUT2D eigenvalue weighted by molar-refractivity contribution is -0.116. The summed E-state index contributed by atoms with van der Waals surface area (Å²) in [5.41, 5.74) is 1.55. The molecule has 0 radical (unpaired) electrons. The van der Waals surface area contributed by atoms with Gasteiger partial charge in [-0.15, -0.1) is 0 Å². The zero-order valence-electron chi connectivity index (χ0n) is 11.2. The Balaban J connectivity index is 2.03. The SMILES string of the molecule is O=C(Nc1ccc(CCO)cc1)C1CCCCS1(=O)=O. The van der Waals surface area contributed by atoms with E-state index in [-0.39, 0.29) is 12.4 Å². The highest BCUT2D eigenvalue weighted by Crippen LogP contribution is 2.21. The molecule has 6 heteroatoms. The van der Waals surface area contributed by atoms with Crippen LogP contribution in [0.3, 0.4) is 0 Å². The van der Waals surface area contributed by atoms with E-state index in [1.807, 2.05) is 0 Å². The van der Waals surface area contributed by atoms with Crippen LogP contribution in [0.15, 0.2) is 24.3 Å². The van der Waals surface area contributed by atoms with Gasteiger partial charge in [0.05, 0.1) is 5.75 Å². The second-order valence-electron chi connectivity index (χ2n) is 5.01. The van der Waals surface area contributed by atoms with Gasteiger partial charge in [-0.05, 0) is 37.0 Å². The highest BCUT2D eigenvalue weighted by Gasteiger charge is 2.34. The normalized spacial score (nSPS) is 21.4. The molecule has 0 spiro atoms. The predicted molar refractivity (Wildman–Crippen MR) is 77.3 cm³/mol. The van der Waals surface area contributed by atoms with Gasteiger partial charge in [0.2, 0.25) is 5.91 Å². The van der Waals surface area contributed by atoms with Crippen LogP contribution in [0.4, 0.5) is 5.69 Å². The molecule has 110 valence electrons. The summed E-state index contributed by atoms with van der Waals surface area (Å²) in [6.45, 7) is 0.0754. The van der Waals surface area contributed by atoms with E-state index in [0.29, 0.717) is 24.9 Å². The van der Waals surface area contributed by atoms with Gasteiger partial charge in [-0.1, -0.05) is 18.6 Å². The maximum atomic E-state index is 12.1. The molecule has 0 bridgehead atoms. The smallest absolute Gasteiger partial charge is 0.242 e. The average Bonchev–Trinajstić information content (AvgIpc) is 2.40. The number of rotatable bonds is 4. The van der Waals surface area contributed by atoms with Gasteiger partial charge < -0.3 is 10.4 Å².